The van der Waals surface area contributed by atoms with Crippen molar-refractivity contribution in [1.82, 2.24) is 4.98 Å². The minimum Gasteiger partial charge on any atom is -0.245 e. The molecular weight excluding hydrogens is 178 g/mol. The largest absolute Gasteiger partial charge is 0.245 e. The van der Waals surface area contributed by atoms with Gasteiger partial charge in [0.05, 0.1) is 10.7 Å². The first-order chi connectivity index (χ1) is 5.98. The van der Waals surface area contributed by atoms with Crippen LogP contribution in [0.4, 0.5) is 0 Å². The van der Waals surface area contributed by atoms with Crippen molar-refractivity contribution in [2.45, 2.75) is 45.4 Å². The molecule has 72 valence electrons. The van der Waals surface area contributed by atoms with Crippen molar-refractivity contribution in [1.29, 1.82) is 0 Å². The van der Waals surface area contributed by atoms with Crippen LogP contribution >= 0.6 is 11.3 Å². The van der Waals surface area contributed by atoms with Gasteiger partial charge in [-0.25, -0.2) is 4.98 Å². The molecule has 0 saturated heterocycles. The van der Waals surface area contributed by atoms with Crippen LogP contribution in [-0.4, -0.2) is 4.98 Å². The van der Waals surface area contributed by atoms with E-state index in [4.69, 9.17) is 4.98 Å². The molecule has 2 atom stereocenters. The number of nitrogens with zero attached hydrogens (tertiary/aromatic N) is 1. The summed E-state index contributed by atoms with van der Waals surface area (Å²) in [7, 11) is 0. The first-order valence-corrected chi connectivity index (χ1v) is 5.82. The van der Waals surface area contributed by atoms with Crippen LogP contribution in [0.25, 0.3) is 0 Å². The van der Waals surface area contributed by atoms with E-state index in [9.17, 15) is 0 Å². The van der Waals surface area contributed by atoms with Crippen LogP contribution in [0.1, 0.15) is 50.7 Å². The average molecular weight is 195 g/mol. The van der Waals surface area contributed by atoms with E-state index in [1.54, 1.807) is 0 Å². The van der Waals surface area contributed by atoms with Crippen LogP contribution in [-0.2, 0) is 5.41 Å². The molecule has 0 spiro atoms. The van der Waals surface area contributed by atoms with Crippen LogP contribution < -0.4 is 0 Å². The topological polar surface area (TPSA) is 12.9 Å². The van der Waals surface area contributed by atoms with Gasteiger partial charge < -0.3 is 0 Å². The zero-order chi connectivity index (χ0) is 9.64. The molecule has 1 aliphatic carbocycles. The van der Waals surface area contributed by atoms with Gasteiger partial charge in [-0.15, -0.1) is 11.3 Å². The third-order valence-corrected chi connectivity index (χ3v) is 3.69. The number of hydrogen-bond donors (Lipinski definition) is 0. The maximum absolute atomic E-state index is 4.71. The summed E-state index contributed by atoms with van der Waals surface area (Å²) in [4.78, 5) is 4.71. The van der Waals surface area contributed by atoms with E-state index in [-0.39, 0.29) is 5.41 Å². The lowest BCUT2D eigenvalue weighted by molar-refractivity contribution is 0.570. The molecule has 1 heterocycles. The zero-order valence-corrected chi connectivity index (χ0v) is 9.61. The Bertz CT molecular complexity index is 308. The molecule has 0 aliphatic heterocycles. The predicted molar refractivity (Wildman–Crippen MR) is 57.3 cm³/mol. The van der Waals surface area contributed by atoms with Gasteiger partial charge in [-0.3, -0.25) is 0 Å². The first kappa shape index (κ1) is 9.20. The highest BCUT2D eigenvalue weighted by atomic mass is 32.1. The molecule has 13 heavy (non-hydrogen) atoms. The standard InChI is InChI=1S/C11H17NS/c1-7-5-8(7)10-12-9(6-13-10)11(2,3)4/h6-8H,5H2,1-4H3. The van der Waals surface area contributed by atoms with Gasteiger partial charge in [0.1, 0.15) is 0 Å². The second-order valence-corrected chi connectivity index (χ2v) is 6.03. The molecule has 1 saturated carbocycles. The molecule has 1 aliphatic rings. The summed E-state index contributed by atoms with van der Waals surface area (Å²) in [5.74, 6) is 1.65. The van der Waals surface area contributed by atoms with Gasteiger partial charge >= 0.3 is 0 Å². The van der Waals surface area contributed by atoms with Crippen molar-refractivity contribution < 1.29 is 0 Å². The fourth-order valence-corrected chi connectivity index (χ4v) is 2.76. The third kappa shape index (κ3) is 1.78. The van der Waals surface area contributed by atoms with E-state index in [2.05, 4.69) is 33.1 Å². The summed E-state index contributed by atoms with van der Waals surface area (Å²) in [5, 5.41) is 3.58. The summed E-state index contributed by atoms with van der Waals surface area (Å²) >= 11 is 1.84. The molecule has 0 bridgehead atoms. The molecule has 2 heteroatoms. The lowest BCUT2D eigenvalue weighted by Crippen LogP contribution is -2.11. The van der Waals surface area contributed by atoms with E-state index in [0.717, 1.165) is 11.8 Å². The Morgan fingerprint density at radius 1 is 1.46 bits per heavy atom. The quantitative estimate of drug-likeness (QED) is 0.667. The van der Waals surface area contributed by atoms with E-state index in [1.807, 2.05) is 11.3 Å². The molecule has 0 aromatic carbocycles. The van der Waals surface area contributed by atoms with Crippen molar-refractivity contribution in [2.75, 3.05) is 0 Å². The van der Waals surface area contributed by atoms with Gasteiger partial charge in [-0.1, -0.05) is 27.7 Å². The van der Waals surface area contributed by atoms with Gasteiger partial charge in [0.15, 0.2) is 0 Å². The average Bonchev–Trinajstić information content (AvgIpc) is 2.57. The van der Waals surface area contributed by atoms with Crippen LogP contribution in [0.15, 0.2) is 5.38 Å². The summed E-state index contributed by atoms with van der Waals surface area (Å²) in [6, 6.07) is 0. The van der Waals surface area contributed by atoms with E-state index < -0.39 is 0 Å². The van der Waals surface area contributed by atoms with Gasteiger partial charge in [-0.2, -0.15) is 0 Å². The van der Waals surface area contributed by atoms with Gasteiger partial charge in [0.2, 0.25) is 0 Å². The predicted octanol–water partition coefficient (Wildman–Crippen LogP) is 3.56. The lowest BCUT2D eigenvalue weighted by atomic mass is 9.93. The molecule has 0 N–H and O–H groups in total. The Hall–Kier alpha value is -0.370. The van der Waals surface area contributed by atoms with Gasteiger partial charge in [0.25, 0.3) is 0 Å². The first-order valence-electron chi connectivity index (χ1n) is 4.94. The van der Waals surface area contributed by atoms with Gasteiger partial charge in [0, 0.05) is 16.7 Å². The minimum absolute atomic E-state index is 0.215. The van der Waals surface area contributed by atoms with Crippen LogP contribution in [0.3, 0.4) is 0 Å². The van der Waals surface area contributed by atoms with Crippen molar-refractivity contribution in [3.8, 4) is 0 Å². The molecule has 2 rings (SSSR count). The van der Waals surface area contributed by atoms with Gasteiger partial charge in [-0.05, 0) is 12.3 Å². The summed E-state index contributed by atoms with van der Waals surface area (Å²) in [6.07, 6.45) is 1.34. The number of hydrogen-bond acceptors (Lipinski definition) is 2. The zero-order valence-electron chi connectivity index (χ0n) is 8.79. The van der Waals surface area contributed by atoms with E-state index >= 15 is 0 Å². The number of aromatic nitrogens is 1. The lowest BCUT2D eigenvalue weighted by Gasteiger charge is -2.14. The van der Waals surface area contributed by atoms with Crippen LogP contribution in [0, 0.1) is 5.92 Å². The maximum Gasteiger partial charge on any atom is 0.0962 e. The highest BCUT2D eigenvalue weighted by Gasteiger charge is 2.36. The van der Waals surface area contributed by atoms with Crippen molar-refractivity contribution in [2.24, 2.45) is 5.92 Å². The van der Waals surface area contributed by atoms with E-state index in [1.165, 1.54) is 17.1 Å². The fourth-order valence-electron chi connectivity index (χ4n) is 1.47. The molecule has 2 unspecified atom stereocenters. The molecule has 1 nitrogen and oxygen atoms in total. The Kier molecular flexibility index (Phi) is 1.99. The van der Waals surface area contributed by atoms with Crippen molar-refractivity contribution in [3.63, 3.8) is 0 Å². The Balaban J connectivity index is 2.19. The maximum atomic E-state index is 4.71. The SMILES string of the molecule is CC1CC1c1nc(C(C)(C)C)cs1. The molecule has 0 radical (unpaired) electrons. The molecule has 0 amide bonds. The Labute approximate surface area is 84.2 Å². The van der Waals surface area contributed by atoms with Crippen molar-refractivity contribution in [3.05, 3.63) is 16.1 Å². The van der Waals surface area contributed by atoms with E-state index in [0.29, 0.717) is 0 Å². The summed E-state index contributed by atoms with van der Waals surface area (Å²) in [6.45, 7) is 8.98. The highest BCUT2D eigenvalue weighted by Crippen LogP contribution is 2.48. The number of rotatable bonds is 1. The highest BCUT2D eigenvalue weighted by molar-refractivity contribution is 7.09. The molecule has 1 aromatic rings. The summed E-state index contributed by atoms with van der Waals surface area (Å²) < 4.78 is 0. The molecular formula is C11H17NS. The van der Waals surface area contributed by atoms with Crippen LogP contribution in [0.2, 0.25) is 0 Å². The molecule has 1 aromatic heterocycles. The Morgan fingerprint density at radius 2 is 2.08 bits per heavy atom. The number of thiazole rings is 1. The second kappa shape index (κ2) is 2.81. The normalized spacial score (nSPS) is 27.7. The third-order valence-electron chi connectivity index (χ3n) is 2.72. The summed E-state index contributed by atoms with van der Waals surface area (Å²) in [5.41, 5.74) is 1.47. The minimum atomic E-state index is 0.215. The smallest absolute Gasteiger partial charge is 0.0962 e. The Morgan fingerprint density at radius 3 is 2.46 bits per heavy atom. The second-order valence-electron chi connectivity index (χ2n) is 5.14. The molecule has 1 fully saturated rings. The monoisotopic (exact) mass is 195 g/mol. The van der Waals surface area contributed by atoms with Crippen molar-refractivity contribution >= 4 is 11.3 Å². The van der Waals surface area contributed by atoms with Crippen LogP contribution in [0.5, 0.6) is 0 Å². The fraction of sp³-hybridized carbons (Fsp3) is 0.727.